The number of aromatic nitrogens is 2. The van der Waals surface area contributed by atoms with Crippen LogP contribution < -0.4 is 15.4 Å². The molecule has 0 fully saturated rings. The van der Waals surface area contributed by atoms with Crippen molar-refractivity contribution in [2.45, 2.75) is 0 Å². The van der Waals surface area contributed by atoms with Gasteiger partial charge in [-0.3, -0.25) is 0 Å². The van der Waals surface area contributed by atoms with Crippen LogP contribution in [0.15, 0.2) is 48.7 Å². The zero-order valence-electron chi connectivity index (χ0n) is 13.1. The predicted octanol–water partition coefficient (Wildman–Crippen LogP) is 4.90. The third-order valence-electron chi connectivity index (χ3n) is 3.26. The Labute approximate surface area is 147 Å². The quantitative estimate of drug-likeness (QED) is 0.675. The van der Waals surface area contributed by atoms with E-state index in [0.717, 1.165) is 12.1 Å². The first kappa shape index (κ1) is 16.9. The number of nitrogens with one attached hydrogen (secondary N) is 2. The summed E-state index contributed by atoms with van der Waals surface area (Å²) in [5.41, 5.74) is 0.687. The van der Waals surface area contributed by atoms with Crippen molar-refractivity contribution in [2.24, 2.45) is 0 Å². The molecular formula is C17H13ClF2N4O. The van der Waals surface area contributed by atoms with Gasteiger partial charge in [-0.25, -0.2) is 13.8 Å². The molecule has 0 aliphatic rings. The molecule has 2 aromatic carbocycles. The molecular weight excluding hydrogens is 350 g/mol. The number of rotatable bonds is 5. The summed E-state index contributed by atoms with van der Waals surface area (Å²) < 4.78 is 31.9. The number of methoxy groups -OCH3 is 1. The second kappa shape index (κ2) is 7.31. The normalized spacial score (nSPS) is 10.4. The van der Waals surface area contributed by atoms with Crippen LogP contribution in [0.1, 0.15) is 0 Å². The summed E-state index contributed by atoms with van der Waals surface area (Å²) in [5.74, 6) is -0.218. The molecule has 128 valence electrons. The second-order valence-electron chi connectivity index (χ2n) is 4.98. The number of hydrogen-bond donors (Lipinski definition) is 2. The van der Waals surface area contributed by atoms with E-state index in [0.29, 0.717) is 22.3 Å². The lowest BCUT2D eigenvalue weighted by atomic mass is 10.3. The number of halogens is 3. The summed E-state index contributed by atoms with van der Waals surface area (Å²) in [5, 5.41) is 6.30. The van der Waals surface area contributed by atoms with Gasteiger partial charge in [0, 0.05) is 17.3 Å². The van der Waals surface area contributed by atoms with E-state index in [1.54, 1.807) is 31.4 Å². The van der Waals surface area contributed by atoms with Crippen LogP contribution in [0.4, 0.5) is 31.9 Å². The van der Waals surface area contributed by atoms with Crippen LogP contribution in [-0.4, -0.2) is 17.1 Å². The lowest BCUT2D eigenvalue weighted by Gasteiger charge is -2.12. The molecule has 0 aliphatic heterocycles. The average molecular weight is 363 g/mol. The Bertz CT molecular complexity index is 908. The fourth-order valence-corrected chi connectivity index (χ4v) is 2.29. The fraction of sp³-hybridized carbons (Fsp3) is 0.0588. The maximum absolute atomic E-state index is 13.7. The Morgan fingerprint density at radius 3 is 2.60 bits per heavy atom. The standard InChI is InChI=1S/C17H13ClF2N4O/c1-25-15-5-2-10(18)8-14(15)22-16-6-7-21-17(24-16)23-13-4-3-11(19)9-12(13)20/h2-9H,1H3,(H2,21,22,23,24). The summed E-state index contributed by atoms with van der Waals surface area (Å²) in [6.07, 6.45) is 1.50. The summed E-state index contributed by atoms with van der Waals surface area (Å²) in [6, 6.07) is 9.94. The van der Waals surface area contributed by atoms with Crippen molar-refractivity contribution in [2.75, 3.05) is 17.7 Å². The molecule has 0 bridgehead atoms. The first-order valence-corrected chi connectivity index (χ1v) is 7.58. The molecule has 5 nitrogen and oxygen atoms in total. The molecule has 0 radical (unpaired) electrons. The maximum Gasteiger partial charge on any atom is 0.229 e. The van der Waals surface area contributed by atoms with E-state index in [1.165, 1.54) is 12.3 Å². The minimum absolute atomic E-state index is 0.0684. The lowest BCUT2D eigenvalue weighted by molar-refractivity contribution is 0.417. The number of anilines is 4. The number of nitrogens with zero attached hydrogens (tertiary/aromatic N) is 2. The van der Waals surface area contributed by atoms with E-state index in [-0.39, 0.29) is 11.6 Å². The molecule has 0 spiro atoms. The monoisotopic (exact) mass is 362 g/mol. The van der Waals surface area contributed by atoms with Crippen LogP contribution in [0.5, 0.6) is 5.75 Å². The third kappa shape index (κ3) is 4.13. The number of benzene rings is 2. The van der Waals surface area contributed by atoms with Gasteiger partial charge in [0.2, 0.25) is 5.95 Å². The van der Waals surface area contributed by atoms with E-state index >= 15 is 0 Å². The molecule has 0 aliphatic carbocycles. The van der Waals surface area contributed by atoms with Gasteiger partial charge in [-0.1, -0.05) is 11.6 Å². The first-order valence-electron chi connectivity index (χ1n) is 7.21. The number of ether oxygens (including phenoxy) is 1. The molecule has 0 saturated heterocycles. The third-order valence-corrected chi connectivity index (χ3v) is 3.49. The van der Waals surface area contributed by atoms with E-state index in [1.807, 2.05) is 0 Å². The van der Waals surface area contributed by atoms with Crippen LogP contribution in [0, 0.1) is 11.6 Å². The van der Waals surface area contributed by atoms with Crippen molar-refractivity contribution >= 4 is 34.7 Å². The van der Waals surface area contributed by atoms with Crippen molar-refractivity contribution < 1.29 is 13.5 Å². The van der Waals surface area contributed by atoms with E-state index in [4.69, 9.17) is 16.3 Å². The summed E-state index contributed by atoms with van der Waals surface area (Å²) in [4.78, 5) is 8.26. The van der Waals surface area contributed by atoms with Gasteiger partial charge < -0.3 is 15.4 Å². The minimum atomic E-state index is -0.738. The van der Waals surface area contributed by atoms with Gasteiger partial charge in [-0.15, -0.1) is 0 Å². The molecule has 2 N–H and O–H groups in total. The summed E-state index contributed by atoms with van der Waals surface area (Å²) in [7, 11) is 1.54. The molecule has 25 heavy (non-hydrogen) atoms. The zero-order valence-corrected chi connectivity index (χ0v) is 13.8. The average Bonchev–Trinajstić information content (AvgIpc) is 2.58. The van der Waals surface area contributed by atoms with Crippen molar-refractivity contribution in [3.8, 4) is 5.75 Å². The largest absolute Gasteiger partial charge is 0.495 e. The van der Waals surface area contributed by atoms with E-state index in [9.17, 15) is 8.78 Å². The molecule has 0 amide bonds. The smallest absolute Gasteiger partial charge is 0.229 e. The molecule has 8 heteroatoms. The SMILES string of the molecule is COc1ccc(Cl)cc1Nc1ccnc(Nc2ccc(F)cc2F)n1. The molecule has 1 heterocycles. The Balaban J connectivity index is 1.83. The molecule has 3 aromatic rings. The van der Waals surface area contributed by atoms with Crippen molar-refractivity contribution in [1.29, 1.82) is 0 Å². The zero-order chi connectivity index (χ0) is 17.8. The van der Waals surface area contributed by atoms with Gasteiger partial charge >= 0.3 is 0 Å². The fourth-order valence-electron chi connectivity index (χ4n) is 2.12. The Kier molecular flexibility index (Phi) is 4.95. The maximum atomic E-state index is 13.7. The Morgan fingerprint density at radius 2 is 1.84 bits per heavy atom. The van der Waals surface area contributed by atoms with Crippen LogP contribution in [0.2, 0.25) is 5.02 Å². The van der Waals surface area contributed by atoms with E-state index in [2.05, 4.69) is 20.6 Å². The van der Waals surface area contributed by atoms with Crippen molar-refractivity contribution in [3.63, 3.8) is 0 Å². The summed E-state index contributed by atoms with van der Waals surface area (Å²) >= 11 is 6.00. The number of hydrogen-bond acceptors (Lipinski definition) is 5. The predicted molar refractivity (Wildman–Crippen MR) is 93.0 cm³/mol. The van der Waals surface area contributed by atoms with Gasteiger partial charge in [0.15, 0.2) is 0 Å². The summed E-state index contributed by atoms with van der Waals surface area (Å²) in [6.45, 7) is 0. The van der Waals surface area contributed by atoms with Crippen LogP contribution in [-0.2, 0) is 0 Å². The highest BCUT2D eigenvalue weighted by Gasteiger charge is 2.08. The van der Waals surface area contributed by atoms with Crippen molar-refractivity contribution in [3.05, 3.63) is 65.3 Å². The van der Waals surface area contributed by atoms with Gasteiger partial charge in [-0.05, 0) is 36.4 Å². The van der Waals surface area contributed by atoms with Crippen LogP contribution in [0.25, 0.3) is 0 Å². The Hall–Kier alpha value is -2.93. The van der Waals surface area contributed by atoms with Gasteiger partial charge in [0.1, 0.15) is 23.2 Å². The molecule has 3 rings (SSSR count). The van der Waals surface area contributed by atoms with E-state index < -0.39 is 11.6 Å². The Morgan fingerprint density at radius 1 is 1.00 bits per heavy atom. The molecule has 0 atom stereocenters. The van der Waals surface area contributed by atoms with Gasteiger partial charge in [0.05, 0.1) is 18.5 Å². The highest BCUT2D eigenvalue weighted by molar-refractivity contribution is 6.31. The lowest BCUT2D eigenvalue weighted by Crippen LogP contribution is -2.02. The highest BCUT2D eigenvalue weighted by atomic mass is 35.5. The van der Waals surface area contributed by atoms with Gasteiger partial charge in [-0.2, -0.15) is 4.98 Å². The van der Waals surface area contributed by atoms with Crippen LogP contribution in [0.3, 0.4) is 0 Å². The van der Waals surface area contributed by atoms with Gasteiger partial charge in [0.25, 0.3) is 0 Å². The van der Waals surface area contributed by atoms with Crippen LogP contribution >= 0.6 is 11.6 Å². The molecule has 1 aromatic heterocycles. The first-order chi connectivity index (χ1) is 12.0. The topological polar surface area (TPSA) is 59.1 Å². The molecule has 0 saturated carbocycles. The highest BCUT2D eigenvalue weighted by Crippen LogP contribution is 2.30. The molecule has 0 unspecified atom stereocenters. The minimum Gasteiger partial charge on any atom is -0.495 e. The second-order valence-corrected chi connectivity index (χ2v) is 5.42. The van der Waals surface area contributed by atoms with Crippen molar-refractivity contribution in [1.82, 2.24) is 9.97 Å².